The Morgan fingerprint density at radius 3 is 2.63 bits per heavy atom. The molecule has 1 aromatic rings. The Labute approximate surface area is 107 Å². The van der Waals surface area contributed by atoms with Crippen LogP contribution in [0.3, 0.4) is 0 Å². The van der Waals surface area contributed by atoms with E-state index in [4.69, 9.17) is 10.2 Å². The summed E-state index contributed by atoms with van der Waals surface area (Å²) in [6.07, 6.45) is -1.35. The first kappa shape index (κ1) is 15.4. The average Bonchev–Trinajstić information content (AvgIpc) is 2.36. The number of sulfonamides is 1. The largest absolute Gasteiger partial charge is 0.394 e. The van der Waals surface area contributed by atoms with E-state index in [1.165, 1.54) is 0 Å². The number of nitrogens with zero attached hydrogens (tertiary/aromatic N) is 1. The monoisotopic (exact) mass is 294 g/mol. The zero-order valence-corrected chi connectivity index (χ0v) is 10.3. The third kappa shape index (κ3) is 3.92. The molecule has 0 aromatic heterocycles. The van der Waals surface area contributed by atoms with Crippen molar-refractivity contribution in [1.82, 2.24) is 4.72 Å². The van der Waals surface area contributed by atoms with E-state index in [9.17, 15) is 22.9 Å². The minimum Gasteiger partial charge on any atom is -0.394 e. The predicted molar refractivity (Wildman–Crippen MR) is 61.3 cm³/mol. The molecule has 0 saturated heterocycles. The molecule has 0 radical (unpaired) electrons. The lowest BCUT2D eigenvalue weighted by Gasteiger charge is -2.10. The van der Waals surface area contributed by atoms with Crippen LogP contribution in [0.1, 0.15) is 0 Å². The van der Waals surface area contributed by atoms with Crippen LogP contribution in [0.25, 0.3) is 0 Å². The summed E-state index contributed by atoms with van der Waals surface area (Å²) >= 11 is 0. The molecule has 106 valence electrons. The molecule has 10 heteroatoms. The number of hydrogen-bond acceptors (Lipinski definition) is 6. The van der Waals surface area contributed by atoms with Gasteiger partial charge in [-0.25, -0.2) is 17.5 Å². The summed E-state index contributed by atoms with van der Waals surface area (Å²) in [7, 11) is -4.35. The second kappa shape index (κ2) is 6.02. The molecule has 0 aliphatic heterocycles. The minimum atomic E-state index is -4.35. The number of halogens is 1. The maximum absolute atomic E-state index is 13.4. The molecule has 8 nitrogen and oxygen atoms in total. The van der Waals surface area contributed by atoms with Crippen LogP contribution < -0.4 is 4.72 Å². The first-order valence-corrected chi connectivity index (χ1v) is 6.48. The Hall–Kier alpha value is -1.62. The van der Waals surface area contributed by atoms with Crippen LogP contribution in [0.4, 0.5) is 10.1 Å². The first-order chi connectivity index (χ1) is 8.77. The van der Waals surface area contributed by atoms with Gasteiger partial charge in [0.1, 0.15) is 10.7 Å². The van der Waals surface area contributed by atoms with Crippen LogP contribution >= 0.6 is 0 Å². The highest BCUT2D eigenvalue weighted by Crippen LogP contribution is 2.20. The van der Waals surface area contributed by atoms with Gasteiger partial charge in [0.25, 0.3) is 5.69 Å². The van der Waals surface area contributed by atoms with Crippen LogP contribution in [-0.4, -0.2) is 42.8 Å². The van der Waals surface area contributed by atoms with Gasteiger partial charge in [-0.15, -0.1) is 0 Å². The molecular weight excluding hydrogens is 283 g/mol. The lowest BCUT2D eigenvalue weighted by molar-refractivity contribution is -0.385. The fourth-order valence-corrected chi connectivity index (χ4v) is 2.33. The highest BCUT2D eigenvalue weighted by Gasteiger charge is 2.23. The summed E-state index contributed by atoms with van der Waals surface area (Å²) in [5, 5.41) is 28.0. The van der Waals surface area contributed by atoms with Crippen LogP contribution in [0.2, 0.25) is 0 Å². The van der Waals surface area contributed by atoms with Crippen molar-refractivity contribution in [2.75, 3.05) is 13.2 Å². The van der Waals surface area contributed by atoms with Gasteiger partial charge in [0, 0.05) is 18.7 Å². The molecule has 1 unspecified atom stereocenters. The lowest BCUT2D eigenvalue weighted by Crippen LogP contribution is -2.34. The molecule has 1 atom stereocenters. The topological polar surface area (TPSA) is 130 Å². The number of aliphatic hydroxyl groups excluding tert-OH is 2. The maximum Gasteiger partial charge on any atom is 0.270 e. The summed E-state index contributed by atoms with van der Waals surface area (Å²) in [4.78, 5) is 8.74. The van der Waals surface area contributed by atoms with Gasteiger partial charge in [0.15, 0.2) is 0 Å². The molecule has 3 N–H and O–H groups in total. The number of benzene rings is 1. The SMILES string of the molecule is O=[N+]([O-])c1ccc(F)c(S(=O)(=O)NCC(O)CO)c1. The maximum atomic E-state index is 13.4. The summed E-state index contributed by atoms with van der Waals surface area (Å²) in [6, 6.07) is 2.06. The van der Waals surface area contributed by atoms with Gasteiger partial charge >= 0.3 is 0 Å². The van der Waals surface area contributed by atoms with Crippen molar-refractivity contribution in [3.8, 4) is 0 Å². The van der Waals surface area contributed by atoms with Crippen molar-refractivity contribution in [2.24, 2.45) is 0 Å². The number of nitrogens with one attached hydrogen (secondary N) is 1. The third-order valence-corrected chi connectivity index (χ3v) is 3.57. The Bertz CT molecular complexity index is 576. The van der Waals surface area contributed by atoms with E-state index >= 15 is 0 Å². The Kier molecular flexibility index (Phi) is 4.89. The first-order valence-electron chi connectivity index (χ1n) is 5.00. The zero-order chi connectivity index (χ0) is 14.6. The lowest BCUT2D eigenvalue weighted by atomic mass is 10.3. The molecule has 1 rings (SSSR count). The van der Waals surface area contributed by atoms with E-state index < -0.39 is 50.6 Å². The van der Waals surface area contributed by atoms with Crippen LogP contribution in [0.5, 0.6) is 0 Å². The summed E-state index contributed by atoms with van der Waals surface area (Å²) in [5.74, 6) is -1.16. The van der Waals surface area contributed by atoms with E-state index in [1.54, 1.807) is 0 Å². The number of nitro groups is 1. The fourth-order valence-electron chi connectivity index (χ4n) is 1.16. The smallest absolute Gasteiger partial charge is 0.270 e. The van der Waals surface area contributed by atoms with Crippen molar-refractivity contribution in [1.29, 1.82) is 0 Å². The second-order valence-corrected chi connectivity index (χ2v) is 5.30. The highest BCUT2D eigenvalue weighted by molar-refractivity contribution is 7.89. The number of rotatable bonds is 6. The van der Waals surface area contributed by atoms with Gasteiger partial charge in [-0.05, 0) is 6.07 Å². The average molecular weight is 294 g/mol. The molecule has 0 spiro atoms. The van der Waals surface area contributed by atoms with Crippen molar-refractivity contribution in [2.45, 2.75) is 11.0 Å². The molecule has 19 heavy (non-hydrogen) atoms. The van der Waals surface area contributed by atoms with E-state index in [1.807, 2.05) is 4.72 Å². The third-order valence-electron chi connectivity index (χ3n) is 2.13. The van der Waals surface area contributed by atoms with E-state index in [-0.39, 0.29) is 0 Å². The molecule has 0 amide bonds. The Balaban J connectivity index is 3.06. The molecule has 0 saturated carbocycles. The Morgan fingerprint density at radius 1 is 1.47 bits per heavy atom. The number of aliphatic hydroxyl groups is 2. The van der Waals surface area contributed by atoms with E-state index in [2.05, 4.69) is 0 Å². The van der Waals surface area contributed by atoms with Crippen molar-refractivity contribution >= 4 is 15.7 Å². The molecule has 0 bridgehead atoms. The van der Waals surface area contributed by atoms with Gasteiger partial charge in [-0.1, -0.05) is 0 Å². The Morgan fingerprint density at radius 2 is 2.11 bits per heavy atom. The molecule has 0 aliphatic carbocycles. The van der Waals surface area contributed by atoms with Gasteiger partial charge in [0.2, 0.25) is 10.0 Å². The van der Waals surface area contributed by atoms with Crippen LogP contribution in [-0.2, 0) is 10.0 Å². The van der Waals surface area contributed by atoms with Gasteiger partial charge in [-0.3, -0.25) is 10.1 Å². The van der Waals surface area contributed by atoms with Gasteiger partial charge in [0.05, 0.1) is 17.6 Å². The fraction of sp³-hybridized carbons (Fsp3) is 0.333. The second-order valence-electron chi connectivity index (χ2n) is 3.56. The zero-order valence-electron chi connectivity index (χ0n) is 9.48. The quantitative estimate of drug-likeness (QED) is 0.473. The number of hydrogen-bond donors (Lipinski definition) is 3. The standard InChI is InChI=1S/C9H11FN2O6S/c10-8-2-1-6(12(15)16)3-9(8)19(17,18)11-4-7(14)5-13/h1-3,7,11,13-14H,4-5H2. The molecule has 0 heterocycles. The van der Waals surface area contributed by atoms with Crippen LogP contribution in [0, 0.1) is 15.9 Å². The van der Waals surface area contributed by atoms with Gasteiger partial charge < -0.3 is 10.2 Å². The van der Waals surface area contributed by atoms with Crippen molar-refractivity contribution in [3.05, 3.63) is 34.1 Å². The van der Waals surface area contributed by atoms with E-state index in [0.717, 1.165) is 6.07 Å². The van der Waals surface area contributed by atoms with E-state index in [0.29, 0.717) is 12.1 Å². The molecule has 0 fully saturated rings. The summed E-state index contributed by atoms with van der Waals surface area (Å²) < 4.78 is 38.6. The predicted octanol–water partition coefficient (Wildman–Crippen LogP) is -0.635. The molecule has 0 aliphatic rings. The highest BCUT2D eigenvalue weighted by atomic mass is 32.2. The number of nitro benzene ring substituents is 1. The molecular formula is C9H11FN2O6S. The van der Waals surface area contributed by atoms with Crippen molar-refractivity contribution < 1.29 is 27.9 Å². The normalized spacial score (nSPS) is 13.2. The van der Waals surface area contributed by atoms with Crippen molar-refractivity contribution in [3.63, 3.8) is 0 Å². The van der Waals surface area contributed by atoms with Gasteiger partial charge in [-0.2, -0.15) is 0 Å². The van der Waals surface area contributed by atoms with Crippen LogP contribution in [0.15, 0.2) is 23.1 Å². The number of non-ortho nitro benzene ring substituents is 1. The summed E-state index contributed by atoms with van der Waals surface area (Å²) in [5.41, 5.74) is -0.579. The molecule has 1 aromatic carbocycles. The minimum absolute atomic E-state index is 0.541. The summed E-state index contributed by atoms with van der Waals surface area (Å²) in [6.45, 7) is -1.22.